The van der Waals surface area contributed by atoms with Gasteiger partial charge in [0.05, 0.1) is 11.6 Å². The third-order valence-corrected chi connectivity index (χ3v) is 5.39. The van der Waals surface area contributed by atoms with Gasteiger partial charge < -0.3 is 15.4 Å². The van der Waals surface area contributed by atoms with Crippen molar-refractivity contribution in [3.8, 4) is 5.75 Å². The van der Waals surface area contributed by atoms with Crippen LogP contribution in [0.4, 0.5) is 18.2 Å². The number of piperidine rings is 1. The van der Waals surface area contributed by atoms with E-state index in [1.807, 2.05) is 0 Å². The molecule has 0 radical (unpaired) electrons. The summed E-state index contributed by atoms with van der Waals surface area (Å²) < 4.78 is 43.5. The Hall–Kier alpha value is -2.46. The zero-order valence-corrected chi connectivity index (χ0v) is 15.7. The molecule has 0 spiro atoms. The summed E-state index contributed by atoms with van der Waals surface area (Å²) in [6, 6.07) is 5.85. The van der Waals surface area contributed by atoms with E-state index in [4.69, 9.17) is 4.74 Å². The van der Waals surface area contributed by atoms with Crippen molar-refractivity contribution < 1.29 is 27.5 Å². The number of thiazole rings is 1. The highest BCUT2D eigenvalue weighted by Gasteiger charge is 2.35. The van der Waals surface area contributed by atoms with Gasteiger partial charge in [-0.2, -0.15) is 13.2 Å². The molecule has 1 aliphatic rings. The number of halogens is 3. The molecule has 0 bridgehead atoms. The van der Waals surface area contributed by atoms with Crippen LogP contribution in [0.5, 0.6) is 5.75 Å². The van der Waals surface area contributed by atoms with Gasteiger partial charge in [0.2, 0.25) is 0 Å². The van der Waals surface area contributed by atoms with Crippen molar-refractivity contribution in [2.45, 2.75) is 25.9 Å². The number of alkyl halides is 3. The molecule has 2 aromatic rings. The predicted octanol–water partition coefficient (Wildman–Crippen LogP) is 3.63. The molecule has 2 N–H and O–H groups in total. The monoisotopic (exact) mass is 413 g/mol. The molecule has 150 valence electrons. The quantitative estimate of drug-likeness (QED) is 0.591. The van der Waals surface area contributed by atoms with Crippen LogP contribution in [0.25, 0.3) is 0 Å². The Kier molecular flexibility index (Phi) is 5.99. The standard InChI is InChI=1S/C18H18F3N3O3S/c1-10-15(28-17(23-10)18(19,20)21)24-14(25)11-2-4-13(5-3-11)27-16(26)12-6-8-22-9-7-12/h2-5,12,22H,6-9H2,1H3,(H,24,25). The highest BCUT2D eigenvalue weighted by Crippen LogP contribution is 2.36. The topological polar surface area (TPSA) is 80.3 Å². The van der Waals surface area contributed by atoms with Crippen LogP contribution in [0.3, 0.4) is 0 Å². The summed E-state index contributed by atoms with van der Waals surface area (Å²) in [6.07, 6.45) is -3.13. The van der Waals surface area contributed by atoms with Gasteiger partial charge in [-0.15, -0.1) is 0 Å². The number of carbonyl (C=O) groups excluding carboxylic acids is 2. The van der Waals surface area contributed by atoms with Crippen LogP contribution in [0, 0.1) is 12.8 Å². The van der Waals surface area contributed by atoms with E-state index in [9.17, 15) is 22.8 Å². The maximum absolute atomic E-state index is 12.7. The number of rotatable bonds is 4. The Morgan fingerprint density at radius 1 is 1.21 bits per heavy atom. The van der Waals surface area contributed by atoms with Gasteiger partial charge >= 0.3 is 12.1 Å². The Balaban J connectivity index is 1.62. The summed E-state index contributed by atoms with van der Waals surface area (Å²) in [4.78, 5) is 27.8. The highest BCUT2D eigenvalue weighted by atomic mass is 32.1. The van der Waals surface area contributed by atoms with Crippen molar-refractivity contribution in [3.05, 3.63) is 40.5 Å². The minimum absolute atomic E-state index is 0.0405. The number of anilines is 1. The number of benzene rings is 1. The Bertz CT molecular complexity index is 859. The number of aryl methyl sites for hydroxylation is 1. The Morgan fingerprint density at radius 3 is 2.43 bits per heavy atom. The number of nitrogens with zero attached hydrogens (tertiary/aromatic N) is 1. The molecule has 1 amide bonds. The first-order valence-corrected chi connectivity index (χ1v) is 9.44. The lowest BCUT2D eigenvalue weighted by Crippen LogP contribution is -2.33. The van der Waals surface area contributed by atoms with Gasteiger partial charge in [0, 0.05) is 5.56 Å². The van der Waals surface area contributed by atoms with Gasteiger partial charge in [0.1, 0.15) is 10.8 Å². The van der Waals surface area contributed by atoms with Gasteiger partial charge in [-0.25, -0.2) is 4.98 Å². The average molecular weight is 413 g/mol. The molecule has 1 aromatic carbocycles. The summed E-state index contributed by atoms with van der Waals surface area (Å²) in [5.41, 5.74) is 0.321. The van der Waals surface area contributed by atoms with Gasteiger partial charge in [-0.3, -0.25) is 9.59 Å². The number of hydrogen-bond donors (Lipinski definition) is 2. The van der Waals surface area contributed by atoms with E-state index in [0.717, 1.165) is 13.1 Å². The maximum Gasteiger partial charge on any atom is 0.443 e. The summed E-state index contributed by atoms with van der Waals surface area (Å²) >= 11 is 0.374. The van der Waals surface area contributed by atoms with Crippen molar-refractivity contribution >= 4 is 28.2 Å². The minimum atomic E-state index is -4.56. The summed E-state index contributed by atoms with van der Waals surface area (Å²) in [5, 5.41) is 4.63. The first kappa shape index (κ1) is 20.3. The van der Waals surface area contributed by atoms with Crippen LogP contribution in [0.2, 0.25) is 0 Å². The number of amides is 1. The Morgan fingerprint density at radius 2 is 1.86 bits per heavy atom. The zero-order chi connectivity index (χ0) is 20.3. The second-order valence-electron chi connectivity index (χ2n) is 6.36. The van der Waals surface area contributed by atoms with Crippen molar-refractivity contribution in [2.24, 2.45) is 5.92 Å². The molecule has 0 aliphatic carbocycles. The van der Waals surface area contributed by atoms with Crippen LogP contribution in [0.1, 0.15) is 33.9 Å². The van der Waals surface area contributed by atoms with E-state index in [-0.39, 0.29) is 28.1 Å². The van der Waals surface area contributed by atoms with E-state index in [1.54, 1.807) is 0 Å². The minimum Gasteiger partial charge on any atom is -0.426 e. The lowest BCUT2D eigenvalue weighted by Gasteiger charge is -2.20. The molecule has 3 rings (SSSR count). The molecule has 1 fully saturated rings. The van der Waals surface area contributed by atoms with Crippen molar-refractivity contribution in [3.63, 3.8) is 0 Å². The largest absolute Gasteiger partial charge is 0.443 e. The second-order valence-corrected chi connectivity index (χ2v) is 7.35. The average Bonchev–Trinajstić information content (AvgIpc) is 3.04. The zero-order valence-electron chi connectivity index (χ0n) is 14.9. The van der Waals surface area contributed by atoms with Crippen LogP contribution >= 0.6 is 11.3 Å². The molecule has 0 unspecified atom stereocenters. The fourth-order valence-electron chi connectivity index (χ4n) is 2.74. The third kappa shape index (κ3) is 4.87. The van der Waals surface area contributed by atoms with Gasteiger partial charge in [0.25, 0.3) is 5.91 Å². The number of ether oxygens (including phenoxy) is 1. The van der Waals surface area contributed by atoms with Crippen LogP contribution in [-0.4, -0.2) is 29.9 Å². The van der Waals surface area contributed by atoms with E-state index in [0.29, 0.717) is 29.9 Å². The molecule has 1 aliphatic heterocycles. The van der Waals surface area contributed by atoms with E-state index in [1.165, 1.54) is 31.2 Å². The number of hydrogen-bond acceptors (Lipinski definition) is 6. The molecule has 28 heavy (non-hydrogen) atoms. The molecule has 6 nitrogen and oxygen atoms in total. The molecule has 10 heteroatoms. The second kappa shape index (κ2) is 8.27. The third-order valence-electron chi connectivity index (χ3n) is 4.27. The SMILES string of the molecule is Cc1nc(C(F)(F)F)sc1NC(=O)c1ccc(OC(=O)C2CCNCC2)cc1. The van der Waals surface area contributed by atoms with Crippen molar-refractivity contribution in [1.82, 2.24) is 10.3 Å². The molecule has 0 atom stereocenters. The highest BCUT2D eigenvalue weighted by molar-refractivity contribution is 7.16. The van der Waals surface area contributed by atoms with Crippen molar-refractivity contribution in [1.29, 1.82) is 0 Å². The number of carbonyl (C=O) groups is 2. The van der Waals surface area contributed by atoms with E-state index >= 15 is 0 Å². The van der Waals surface area contributed by atoms with Crippen LogP contribution in [-0.2, 0) is 11.0 Å². The fourth-order valence-corrected chi connectivity index (χ4v) is 3.57. The summed E-state index contributed by atoms with van der Waals surface area (Å²) in [6.45, 7) is 2.93. The maximum atomic E-state index is 12.7. The van der Waals surface area contributed by atoms with E-state index < -0.39 is 17.1 Å². The van der Waals surface area contributed by atoms with Crippen LogP contribution in [0.15, 0.2) is 24.3 Å². The summed E-state index contributed by atoms with van der Waals surface area (Å²) in [5.74, 6) is -0.717. The molecule has 1 aromatic heterocycles. The van der Waals surface area contributed by atoms with Gasteiger partial charge in [-0.1, -0.05) is 11.3 Å². The molecule has 2 heterocycles. The predicted molar refractivity (Wildman–Crippen MR) is 97.5 cm³/mol. The van der Waals surface area contributed by atoms with Crippen LogP contribution < -0.4 is 15.4 Å². The van der Waals surface area contributed by atoms with Gasteiger partial charge in [0.15, 0.2) is 5.01 Å². The molecular weight excluding hydrogens is 395 g/mol. The number of aromatic nitrogens is 1. The lowest BCUT2D eigenvalue weighted by atomic mass is 9.98. The first-order chi connectivity index (χ1) is 13.2. The van der Waals surface area contributed by atoms with E-state index in [2.05, 4.69) is 15.6 Å². The number of nitrogens with one attached hydrogen (secondary N) is 2. The fraction of sp³-hybridized carbons (Fsp3) is 0.389. The molecule has 1 saturated heterocycles. The smallest absolute Gasteiger partial charge is 0.426 e. The van der Waals surface area contributed by atoms with Crippen molar-refractivity contribution in [2.75, 3.05) is 18.4 Å². The Labute approximate surface area is 163 Å². The normalized spacial score (nSPS) is 15.3. The summed E-state index contributed by atoms with van der Waals surface area (Å²) in [7, 11) is 0. The molecular formula is C18H18F3N3O3S. The molecule has 0 saturated carbocycles. The number of esters is 1. The van der Waals surface area contributed by atoms with Gasteiger partial charge in [-0.05, 0) is 57.1 Å². The first-order valence-electron chi connectivity index (χ1n) is 8.62. The lowest BCUT2D eigenvalue weighted by molar-refractivity contribution is -0.140.